The normalized spacial score (nSPS) is 10.3. The maximum atomic E-state index is 12.2. The zero-order chi connectivity index (χ0) is 13.1. The van der Waals surface area contributed by atoms with E-state index in [0.29, 0.717) is 17.8 Å². The number of furan rings is 1. The van der Waals surface area contributed by atoms with E-state index < -0.39 is 0 Å². The highest BCUT2D eigenvalue weighted by atomic mass is 79.9. The van der Waals surface area contributed by atoms with Crippen molar-refractivity contribution in [2.45, 2.75) is 6.54 Å². The lowest BCUT2D eigenvalue weighted by Crippen LogP contribution is -2.26. The van der Waals surface area contributed by atoms with E-state index in [9.17, 15) is 4.79 Å². The molecule has 0 atom stereocenters. The number of hydrogen-bond acceptors (Lipinski definition) is 3. The van der Waals surface area contributed by atoms with E-state index >= 15 is 0 Å². The Kier molecular flexibility index (Phi) is 3.72. The average Bonchev–Trinajstić information content (AvgIpc) is 2.84. The molecule has 1 amide bonds. The second-order valence-corrected chi connectivity index (χ2v) is 4.83. The third kappa shape index (κ3) is 2.73. The van der Waals surface area contributed by atoms with E-state index in [2.05, 4.69) is 15.9 Å². The smallest absolute Gasteiger partial charge is 0.254 e. The van der Waals surface area contributed by atoms with Crippen molar-refractivity contribution in [3.05, 3.63) is 52.4 Å². The summed E-state index contributed by atoms with van der Waals surface area (Å²) >= 11 is 3.31. The van der Waals surface area contributed by atoms with Crippen molar-refractivity contribution in [2.24, 2.45) is 0 Å². The molecule has 1 aromatic heterocycles. The van der Waals surface area contributed by atoms with Crippen LogP contribution in [0.2, 0.25) is 0 Å². The highest BCUT2D eigenvalue weighted by Gasteiger charge is 2.13. The fourth-order valence-corrected chi connectivity index (χ4v) is 1.97. The Balaban J connectivity index is 2.12. The first-order valence-electron chi connectivity index (χ1n) is 5.41. The summed E-state index contributed by atoms with van der Waals surface area (Å²) in [5, 5.41) is 0. The molecular formula is C13H13BrN2O2. The molecule has 0 saturated carbocycles. The summed E-state index contributed by atoms with van der Waals surface area (Å²) < 4.78 is 5.93. The average molecular weight is 309 g/mol. The number of nitrogen functional groups attached to an aromatic ring is 1. The zero-order valence-corrected chi connectivity index (χ0v) is 11.5. The van der Waals surface area contributed by atoms with Gasteiger partial charge in [-0.3, -0.25) is 4.79 Å². The van der Waals surface area contributed by atoms with Crippen molar-refractivity contribution < 1.29 is 9.21 Å². The summed E-state index contributed by atoms with van der Waals surface area (Å²) in [6.45, 7) is 0.438. The number of carbonyl (C=O) groups is 1. The summed E-state index contributed by atoms with van der Waals surface area (Å²) in [6.07, 6.45) is 1.59. The third-order valence-electron chi connectivity index (χ3n) is 2.57. The van der Waals surface area contributed by atoms with Crippen molar-refractivity contribution in [2.75, 3.05) is 12.8 Å². The number of halogens is 1. The number of hydrogen-bond donors (Lipinski definition) is 1. The maximum Gasteiger partial charge on any atom is 0.254 e. The van der Waals surface area contributed by atoms with Gasteiger partial charge in [-0.15, -0.1) is 0 Å². The molecule has 0 bridgehead atoms. The molecular weight excluding hydrogens is 296 g/mol. The van der Waals surface area contributed by atoms with Gasteiger partial charge in [0.1, 0.15) is 5.76 Å². The van der Waals surface area contributed by atoms with Crippen LogP contribution in [-0.4, -0.2) is 17.9 Å². The number of amides is 1. The van der Waals surface area contributed by atoms with Crippen molar-refractivity contribution >= 4 is 27.5 Å². The van der Waals surface area contributed by atoms with Gasteiger partial charge in [0, 0.05) is 22.8 Å². The van der Waals surface area contributed by atoms with Crippen LogP contribution in [0.5, 0.6) is 0 Å². The molecule has 1 aromatic carbocycles. The first-order valence-corrected chi connectivity index (χ1v) is 6.20. The van der Waals surface area contributed by atoms with Gasteiger partial charge in [0.25, 0.3) is 5.91 Å². The van der Waals surface area contributed by atoms with Crippen LogP contribution in [0.4, 0.5) is 5.69 Å². The maximum absolute atomic E-state index is 12.2. The zero-order valence-electron chi connectivity index (χ0n) is 9.89. The molecule has 0 fully saturated rings. The number of nitrogens with zero attached hydrogens (tertiary/aromatic N) is 1. The number of nitrogens with two attached hydrogens (primary N) is 1. The van der Waals surface area contributed by atoms with Gasteiger partial charge in [0.05, 0.1) is 12.8 Å². The fraction of sp³-hybridized carbons (Fsp3) is 0.154. The minimum absolute atomic E-state index is 0.0768. The number of carbonyl (C=O) groups excluding carboxylic acids is 1. The predicted octanol–water partition coefficient (Wildman–Crippen LogP) is 2.90. The number of rotatable bonds is 3. The summed E-state index contributed by atoms with van der Waals surface area (Å²) in [4.78, 5) is 13.8. The van der Waals surface area contributed by atoms with Gasteiger partial charge >= 0.3 is 0 Å². The van der Waals surface area contributed by atoms with Crippen LogP contribution in [0.1, 0.15) is 16.1 Å². The molecule has 4 nitrogen and oxygen atoms in total. The Hall–Kier alpha value is -1.75. The molecule has 2 N–H and O–H groups in total. The van der Waals surface area contributed by atoms with Gasteiger partial charge in [0.15, 0.2) is 0 Å². The number of benzene rings is 1. The minimum atomic E-state index is -0.0768. The van der Waals surface area contributed by atoms with Crippen molar-refractivity contribution in [3.8, 4) is 0 Å². The number of anilines is 1. The first kappa shape index (κ1) is 12.7. The molecule has 0 radical (unpaired) electrons. The third-order valence-corrected chi connectivity index (χ3v) is 3.25. The summed E-state index contributed by atoms with van der Waals surface area (Å²) in [5.74, 6) is 0.674. The van der Waals surface area contributed by atoms with Crippen LogP contribution in [0, 0.1) is 0 Å². The van der Waals surface area contributed by atoms with Crippen LogP contribution < -0.4 is 5.73 Å². The van der Waals surface area contributed by atoms with Crippen LogP contribution >= 0.6 is 15.9 Å². The van der Waals surface area contributed by atoms with E-state index in [4.69, 9.17) is 10.2 Å². The molecule has 94 valence electrons. The van der Waals surface area contributed by atoms with Crippen LogP contribution in [0.15, 0.2) is 45.5 Å². The van der Waals surface area contributed by atoms with Crippen LogP contribution in [-0.2, 0) is 6.54 Å². The first-order chi connectivity index (χ1) is 8.58. The highest BCUT2D eigenvalue weighted by Crippen LogP contribution is 2.21. The second kappa shape index (κ2) is 5.27. The SMILES string of the molecule is CN(Cc1ccco1)C(=O)c1ccc(N)c(Br)c1. The minimum Gasteiger partial charge on any atom is -0.467 e. The standard InChI is InChI=1S/C13H13BrN2O2/c1-16(8-10-3-2-6-18-10)13(17)9-4-5-12(15)11(14)7-9/h2-7H,8,15H2,1H3. The van der Waals surface area contributed by atoms with Crippen LogP contribution in [0.25, 0.3) is 0 Å². The van der Waals surface area contributed by atoms with Gasteiger partial charge < -0.3 is 15.1 Å². The fourth-order valence-electron chi connectivity index (χ4n) is 1.59. The topological polar surface area (TPSA) is 59.5 Å². The van der Waals surface area contributed by atoms with Gasteiger partial charge in [0.2, 0.25) is 0 Å². The Bertz CT molecular complexity index is 552. The molecule has 0 spiro atoms. The molecule has 0 aliphatic carbocycles. The largest absolute Gasteiger partial charge is 0.467 e. The van der Waals surface area contributed by atoms with E-state index in [1.54, 1.807) is 42.5 Å². The Morgan fingerprint density at radius 1 is 1.44 bits per heavy atom. The van der Waals surface area contributed by atoms with Crippen LogP contribution in [0.3, 0.4) is 0 Å². The molecule has 1 heterocycles. The van der Waals surface area contributed by atoms with Gasteiger partial charge in [-0.25, -0.2) is 0 Å². The second-order valence-electron chi connectivity index (χ2n) is 3.98. The molecule has 0 saturated heterocycles. The molecule has 5 heteroatoms. The summed E-state index contributed by atoms with van der Waals surface area (Å²) in [6, 6.07) is 8.77. The van der Waals surface area contributed by atoms with Crippen molar-refractivity contribution in [3.63, 3.8) is 0 Å². The molecule has 0 aliphatic heterocycles. The monoisotopic (exact) mass is 308 g/mol. The highest BCUT2D eigenvalue weighted by molar-refractivity contribution is 9.10. The van der Waals surface area contributed by atoms with Gasteiger partial charge in [-0.2, -0.15) is 0 Å². The quantitative estimate of drug-likeness (QED) is 0.887. The lowest BCUT2D eigenvalue weighted by atomic mass is 10.2. The Morgan fingerprint density at radius 2 is 2.22 bits per heavy atom. The Morgan fingerprint density at radius 3 is 2.83 bits per heavy atom. The molecule has 2 aromatic rings. The van der Waals surface area contributed by atoms with E-state index in [0.717, 1.165) is 10.2 Å². The van der Waals surface area contributed by atoms with E-state index in [1.165, 1.54) is 0 Å². The van der Waals surface area contributed by atoms with Crippen molar-refractivity contribution in [1.29, 1.82) is 0 Å². The van der Waals surface area contributed by atoms with Crippen molar-refractivity contribution in [1.82, 2.24) is 4.90 Å². The molecule has 2 rings (SSSR count). The summed E-state index contributed by atoms with van der Waals surface area (Å²) in [7, 11) is 1.73. The lowest BCUT2D eigenvalue weighted by Gasteiger charge is -2.16. The van der Waals surface area contributed by atoms with Gasteiger partial charge in [-0.05, 0) is 46.3 Å². The van der Waals surface area contributed by atoms with Gasteiger partial charge in [-0.1, -0.05) is 0 Å². The lowest BCUT2D eigenvalue weighted by molar-refractivity contribution is 0.0775. The predicted molar refractivity (Wildman–Crippen MR) is 73.1 cm³/mol. The van der Waals surface area contributed by atoms with E-state index in [-0.39, 0.29) is 5.91 Å². The molecule has 0 unspecified atom stereocenters. The summed E-state index contributed by atoms with van der Waals surface area (Å²) in [5.41, 5.74) is 6.89. The molecule has 18 heavy (non-hydrogen) atoms. The van der Waals surface area contributed by atoms with E-state index in [1.807, 2.05) is 6.07 Å². The molecule has 0 aliphatic rings. The Labute approximate surface area is 114 Å².